The zero-order valence-corrected chi connectivity index (χ0v) is 16.0. The second-order valence-electron chi connectivity index (χ2n) is 6.25. The Balaban J connectivity index is 1.65. The molecule has 5 rings (SSSR count). The number of hydrogen-bond acceptors (Lipinski definition) is 5. The van der Waals surface area contributed by atoms with Crippen molar-refractivity contribution in [2.45, 2.75) is 35.7 Å². The maximum atomic E-state index is 12.6. The summed E-state index contributed by atoms with van der Waals surface area (Å²) < 4.78 is 2.22. The minimum Gasteiger partial charge on any atom is -0.282 e. The van der Waals surface area contributed by atoms with Crippen molar-refractivity contribution in [1.29, 1.82) is 0 Å². The first-order valence-electron chi connectivity index (χ1n) is 8.42. The van der Waals surface area contributed by atoms with Gasteiger partial charge in [0.25, 0.3) is 5.56 Å². The number of thiophene rings is 1. The number of benzene rings is 1. The Labute approximate surface area is 158 Å². The van der Waals surface area contributed by atoms with E-state index < -0.39 is 0 Å². The van der Waals surface area contributed by atoms with Crippen LogP contribution in [0.2, 0.25) is 0 Å². The molecular weight excluding hydrogens is 368 g/mol. The molecule has 3 aromatic rings. The van der Waals surface area contributed by atoms with Gasteiger partial charge in [0.1, 0.15) is 4.83 Å². The van der Waals surface area contributed by atoms with Crippen molar-refractivity contribution in [2.75, 3.05) is 5.75 Å². The summed E-state index contributed by atoms with van der Waals surface area (Å²) in [5.41, 5.74) is 2.46. The van der Waals surface area contributed by atoms with Crippen molar-refractivity contribution in [3.63, 3.8) is 0 Å². The Morgan fingerprint density at radius 1 is 1.16 bits per heavy atom. The van der Waals surface area contributed by atoms with Gasteiger partial charge in [-0.15, -0.1) is 11.3 Å². The predicted molar refractivity (Wildman–Crippen MR) is 108 cm³/mol. The van der Waals surface area contributed by atoms with E-state index in [0.29, 0.717) is 0 Å². The Kier molecular flexibility index (Phi) is 3.99. The van der Waals surface area contributed by atoms with Crippen LogP contribution >= 0.6 is 34.9 Å². The molecule has 0 saturated carbocycles. The fraction of sp³-hybridized carbons (Fsp3) is 0.263. The number of fused-ring (bicyclic) bond motifs is 5. The van der Waals surface area contributed by atoms with Gasteiger partial charge >= 0.3 is 0 Å². The molecule has 25 heavy (non-hydrogen) atoms. The van der Waals surface area contributed by atoms with Gasteiger partial charge in [0.05, 0.1) is 5.39 Å². The van der Waals surface area contributed by atoms with E-state index in [-0.39, 0.29) is 5.56 Å². The molecule has 1 aliphatic heterocycles. The molecule has 0 radical (unpaired) electrons. The highest BCUT2D eigenvalue weighted by Crippen LogP contribution is 2.41. The van der Waals surface area contributed by atoms with E-state index in [4.69, 9.17) is 0 Å². The first-order valence-corrected chi connectivity index (χ1v) is 11.1. The van der Waals surface area contributed by atoms with Gasteiger partial charge in [-0.1, -0.05) is 41.7 Å². The summed E-state index contributed by atoms with van der Waals surface area (Å²) in [6.07, 6.45) is 4.54. The predicted octanol–water partition coefficient (Wildman–Crippen LogP) is 5.03. The first kappa shape index (κ1) is 15.7. The number of aromatic nitrogens is 2. The van der Waals surface area contributed by atoms with Crippen LogP contribution in [-0.2, 0) is 12.8 Å². The molecule has 2 aliphatic rings. The lowest BCUT2D eigenvalue weighted by atomic mass is 9.97. The summed E-state index contributed by atoms with van der Waals surface area (Å²) in [6, 6.07) is 10.4. The molecule has 0 saturated heterocycles. The van der Waals surface area contributed by atoms with Crippen molar-refractivity contribution in [3.05, 3.63) is 56.5 Å². The average molecular weight is 385 g/mol. The van der Waals surface area contributed by atoms with Gasteiger partial charge in [0, 0.05) is 21.2 Å². The summed E-state index contributed by atoms with van der Waals surface area (Å²) in [6.45, 7) is 0. The van der Waals surface area contributed by atoms with Crippen molar-refractivity contribution in [3.8, 4) is 0 Å². The van der Waals surface area contributed by atoms with E-state index in [9.17, 15) is 4.79 Å². The number of thioether (sulfide) groups is 2. The summed E-state index contributed by atoms with van der Waals surface area (Å²) >= 11 is 5.20. The number of rotatable bonds is 2. The summed E-state index contributed by atoms with van der Waals surface area (Å²) in [5.74, 6) is 0.869. The van der Waals surface area contributed by atoms with Crippen LogP contribution in [0.25, 0.3) is 15.9 Å². The third-order valence-corrected chi connectivity index (χ3v) is 7.85. The highest BCUT2D eigenvalue weighted by Gasteiger charge is 2.26. The molecule has 126 valence electrons. The standard InChI is InChI=1S/C19H16N2OS3/c22-17-16-14-8-4-5-9-15(14)25-18(16)21-12(11-24-19(21)20-17)10-23-13-6-2-1-3-7-13/h1-3,6-7,10H,4-5,8-9,11H2/b12-10+. The van der Waals surface area contributed by atoms with E-state index in [2.05, 4.69) is 39.2 Å². The van der Waals surface area contributed by atoms with Crippen LogP contribution in [0.5, 0.6) is 0 Å². The van der Waals surface area contributed by atoms with Crippen LogP contribution in [0.4, 0.5) is 0 Å². The number of nitrogens with zero attached hydrogens (tertiary/aromatic N) is 2. The maximum absolute atomic E-state index is 12.6. The van der Waals surface area contributed by atoms with Crippen LogP contribution in [0.1, 0.15) is 23.3 Å². The quantitative estimate of drug-likeness (QED) is 0.458. The lowest BCUT2D eigenvalue weighted by Crippen LogP contribution is -2.13. The maximum Gasteiger partial charge on any atom is 0.282 e. The van der Waals surface area contributed by atoms with Crippen molar-refractivity contribution in [2.24, 2.45) is 0 Å². The Bertz CT molecular complexity index is 1050. The lowest BCUT2D eigenvalue weighted by Gasteiger charge is -2.09. The van der Waals surface area contributed by atoms with E-state index >= 15 is 0 Å². The monoisotopic (exact) mass is 384 g/mol. The summed E-state index contributed by atoms with van der Waals surface area (Å²) in [4.78, 5) is 20.7. The van der Waals surface area contributed by atoms with Crippen LogP contribution in [0.3, 0.4) is 0 Å². The van der Waals surface area contributed by atoms with Gasteiger partial charge in [-0.2, -0.15) is 4.98 Å². The third kappa shape index (κ3) is 2.67. The highest BCUT2D eigenvalue weighted by molar-refractivity contribution is 8.02. The molecule has 0 amide bonds. The Hall–Kier alpha value is -1.50. The van der Waals surface area contributed by atoms with Gasteiger partial charge in [-0.25, -0.2) is 0 Å². The largest absolute Gasteiger partial charge is 0.282 e. The molecule has 6 heteroatoms. The zero-order valence-electron chi connectivity index (χ0n) is 13.5. The molecule has 0 atom stereocenters. The first-order chi connectivity index (χ1) is 12.3. The molecule has 1 aliphatic carbocycles. The molecule has 0 bridgehead atoms. The highest BCUT2D eigenvalue weighted by atomic mass is 32.2. The normalized spacial score (nSPS) is 17.8. The fourth-order valence-electron chi connectivity index (χ4n) is 3.48. The number of hydrogen-bond donors (Lipinski definition) is 0. The molecule has 0 N–H and O–H groups in total. The molecular formula is C19H16N2OS3. The lowest BCUT2D eigenvalue weighted by molar-refractivity contribution is 0.699. The van der Waals surface area contributed by atoms with Crippen molar-refractivity contribution >= 4 is 50.8 Å². The van der Waals surface area contributed by atoms with Gasteiger partial charge in [-0.05, 0) is 48.8 Å². The molecule has 0 spiro atoms. The molecule has 3 nitrogen and oxygen atoms in total. The minimum absolute atomic E-state index is 0.0369. The Morgan fingerprint density at radius 3 is 2.88 bits per heavy atom. The average Bonchev–Trinajstić information content (AvgIpc) is 3.22. The fourth-order valence-corrected chi connectivity index (χ4v) is 6.81. The van der Waals surface area contributed by atoms with Gasteiger partial charge < -0.3 is 0 Å². The van der Waals surface area contributed by atoms with E-state index in [1.165, 1.54) is 33.9 Å². The summed E-state index contributed by atoms with van der Waals surface area (Å²) in [7, 11) is 0. The van der Waals surface area contributed by atoms with Crippen LogP contribution in [-0.4, -0.2) is 15.3 Å². The SMILES string of the molecule is O=c1nc2n(c3sc4c(c13)CCCC4)/C(=C/Sc1ccccc1)CS2. The molecule has 0 unspecified atom stereocenters. The van der Waals surface area contributed by atoms with Crippen molar-refractivity contribution in [1.82, 2.24) is 9.55 Å². The van der Waals surface area contributed by atoms with Crippen molar-refractivity contribution < 1.29 is 0 Å². The molecule has 2 aromatic heterocycles. The Morgan fingerprint density at radius 2 is 2.00 bits per heavy atom. The minimum atomic E-state index is -0.0369. The molecule has 3 heterocycles. The molecule has 0 fully saturated rings. The second kappa shape index (κ2) is 6.34. The van der Waals surface area contributed by atoms with E-state index in [1.807, 2.05) is 6.07 Å². The second-order valence-corrected chi connectivity index (χ2v) is 9.22. The smallest absolute Gasteiger partial charge is 0.282 e. The van der Waals surface area contributed by atoms with Crippen LogP contribution in [0, 0.1) is 0 Å². The topological polar surface area (TPSA) is 34.9 Å². The van der Waals surface area contributed by atoms with Crippen LogP contribution in [0.15, 0.2) is 50.6 Å². The zero-order chi connectivity index (χ0) is 16.8. The van der Waals surface area contributed by atoms with Gasteiger partial charge in [-0.3, -0.25) is 9.36 Å². The van der Waals surface area contributed by atoms with Gasteiger partial charge in [0.15, 0.2) is 5.16 Å². The van der Waals surface area contributed by atoms with Gasteiger partial charge in [0.2, 0.25) is 0 Å². The molecule has 1 aromatic carbocycles. The van der Waals surface area contributed by atoms with E-state index in [0.717, 1.165) is 34.0 Å². The van der Waals surface area contributed by atoms with E-state index in [1.54, 1.807) is 34.9 Å². The number of aryl methyl sites for hydroxylation is 2. The summed E-state index contributed by atoms with van der Waals surface area (Å²) in [5, 5.41) is 3.93. The van der Waals surface area contributed by atoms with Crippen LogP contribution < -0.4 is 5.56 Å². The third-order valence-electron chi connectivity index (χ3n) is 4.67.